The molecule has 0 saturated heterocycles. The third-order valence-corrected chi connectivity index (χ3v) is 3.06. The van der Waals surface area contributed by atoms with Gasteiger partial charge in [0.2, 0.25) is 5.91 Å². The molecule has 0 saturated carbocycles. The first-order valence-electron chi connectivity index (χ1n) is 7.12. The van der Waals surface area contributed by atoms with E-state index < -0.39 is 6.03 Å². The maximum Gasteiger partial charge on any atom is 0.312 e. The number of unbranched alkanes of at least 4 members (excludes halogenated alkanes) is 2. The van der Waals surface area contributed by atoms with Gasteiger partial charge in [-0.1, -0.05) is 6.42 Å². The van der Waals surface area contributed by atoms with Crippen molar-refractivity contribution in [2.24, 2.45) is 5.73 Å². The number of benzene rings is 1. The van der Waals surface area contributed by atoms with Crippen LogP contribution < -0.4 is 25.8 Å². The SMILES string of the molecule is COc1ccc(NC(=O)CCCCCNC(N)=O)c(OC)c1. The summed E-state index contributed by atoms with van der Waals surface area (Å²) in [5.74, 6) is 1.14. The predicted octanol–water partition coefficient (Wildman–Crippen LogP) is 1.87. The molecule has 0 fully saturated rings. The van der Waals surface area contributed by atoms with E-state index in [0.29, 0.717) is 30.2 Å². The van der Waals surface area contributed by atoms with Gasteiger partial charge in [-0.05, 0) is 25.0 Å². The molecule has 122 valence electrons. The number of primary amides is 1. The number of rotatable bonds is 9. The Hall–Kier alpha value is -2.44. The molecule has 0 aliphatic carbocycles. The zero-order valence-corrected chi connectivity index (χ0v) is 13.0. The van der Waals surface area contributed by atoms with Gasteiger partial charge in [0.05, 0.1) is 19.9 Å². The van der Waals surface area contributed by atoms with Crippen LogP contribution in [0.3, 0.4) is 0 Å². The summed E-state index contributed by atoms with van der Waals surface area (Å²) in [5, 5.41) is 5.32. The molecule has 1 rings (SSSR count). The first-order valence-corrected chi connectivity index (χ1v) is 7.12. The zero-order chi connectivity index (χ0) is 16.4. The van der Waals surface area contributed by atoms with E-state index in [-0.39, 0.29) is 5.91 Å². The van der Waals surface area contributed by atoms with Crippen LogP contribution in [0.5, 0.6) is 11.5 Å². The van der Waals surface area contributed by atoms with E-state index in [4.69, 9.17) is 15.2 Å². The number of hydrogen-bond donors (Lipinski definition) is 3. The third-order valence-electron chi connectivity index (χ3n) is 3.06. The van der Waals surface area contributed by atoms with E-state index in [1.165, 1.54) is 7.11 Å². The molecule has 0 aliphatic heterocycles. The minimum Gasteiger partial charge on any atom is -0.497 e. The minimum absolute atomic E-state index is 0.0775. The van der Waals surface area contributed by atoms with Crippen LogP contribution in [0, 0.1) is 0 Å². The Morgan fingerprint density at radius 2 is 1.91 bits per heavy atom. The molecule has 7 nitrogen and oxygen atoms in total. The molecule has 3 amide bonds. The molecule has 22 heavy (non-hydrogen) atoms. The highest BCUT2D eigenvalue weighted by molar-refractivity contribution is 5.92. The molecule has 0 aliphatic rings. The summed E-state index contributed by atoms with van der Waals surface area (Å²) >= 11 is 0. The number of ether oxygens (including phenoxy) is 2. The van der Waals surface area contributed by atoms with Gasteiger partial charge in [-0.15, -0.1) is 0 Å². The maximum atomic E-state index is 11.9. The van der Waals surface area contributed by atoms with Crippen molar-refractivity contribution in [3.8, 4) is 11.5 Å². The number of carbonyl (C=O) groups is 2. The lowest BCUT2D eigenvalue weighted by Gasteiger charge is -2.11. The first-order chi connectivity index (χ1) is 10.6. The van der Waals surface area contributed by atoms with Crippen LogP contribution in [0.2, 0.25) is 0 Å². The Morgan fingerprint density at radius 1 is 1.14 bits per heavy atom. The number of methoxy groups -OCH3 is 2. The molecule has 1 aromatic rings. The molecule has 7 heteroatoms. The number of anilines is 1. The molecule has 0 unspecified atom stereocenters. The van der Waals surface area contributed by atoms with Crippen LogP contribution in [0.1, 0.15) is 25.7 Å². The Morgan fingerprint density at radius 3 is 2.55 bits per heavy atom. The Balaban J connectivity index is 2.34. The van der Waals surface area contributed by atoms with Crippen LogP contribution in [0.4, 0.5) is 10.5 Å². The number of carbonyl (C=O) groups excluding carboxylic acids is 2. The fourth-order valence-electron chi connectivity index (χ4n) is 1.91. The van der Waals surface area contributed by atoms with Crippen molar-refractivity contribution < 1.29 is 19.1 Å². The Kier molecular flexibility index (Phi) is 7.60. The summed E-state index contributed by atoms with van der Waals surface area (Å²) in [6.07, 6.45) is 2.78. The van der Waals surface area contributed by atoms with Gasteiger partial charge in [0, 0.05) is 19.0 Å². The van der Waals surface area contributed by atoms with Crippen LogP contribution in [0.15, 0.2) is 18.2 Å². The number of urea groups is 1. The standard InChI is InChI=1S/C15H23N3O4/c1-21-11-7-8-12(13(10-11)22-2)18-14(19)6-4-3-5-9-17-15(16)20/h7-8,10H,3-6,9H2,1-2H3,(H,18,19)(H3,16,17,20). The number of nitrogens with two attached hydrogens (primary N) is 1. The summed E-state index contributed by atoms with van der Waals surface area (Å²) in [7, 11) is 3.11. The largest absolute Gasteiger partial charge is 0.497 e. The second-order valence-electron chi connectivity index (χ2n) is 4.72. The van der Waals surface area contributed by atoms with Crippen LogP contribution in [-0.4, -0.2) is 32.7 Å². The average Bonchev–Trinajstić information content (AvgIpc) is 2.50. The quantitative estimate of drug-likeness (QED) is 0.606. The summed E-state index contributed by atoms with van der Waals surface area (Å²) in [4.78, 5) is 22.4. The van der Waals surface area contributed by atoms with Crippen LogP contribution in [-0.2, 0) is 4.79 Å². The predicted molar refractivity (Wildman–Crippen MR) is 84.2 cm³/mol. The highest BCUT2D eigenvalue weighted by atomic mass is 16.5. The van der Waals surface area contributed by atoms with Gasteiger partial charge in [0.15, 0.2) is 0 Å². The third kappa shape index (κ3) is 6.34. The molecule has 0 aromatic heterocycles. The topological polar surface area (TPSA) is 103 Å². The van der Waals surface area contributed by atoms with Gasteiger partial charge < -0.3 is 25.8 Å². The lowest BCUT2D eigenvalue weighted by atomic mass is 10.2. The van der Waals surface area contributed by atoms with Gasteiger partial charge >= 0.3 is 6.03 Å². The van der Waals surface area contributed by atoms with Crippen molar-refractivity contribution in [2.75, 3.05) is 26.1 Å². The van der Waals surface area contributed by atoms with Gasteiger partial charge in [-0.3, -0.25) is 4.79 Å². The summed E-state index contributed by atoms with van der Waals surface area (Å²) in [6, 6.07) is 4.69. The van der Waals surface area contributed by atoms with Crippen molar-refractivity contribution in [3.05, 3.63) is 18.2 Å². The Bertz CT molecular complexity index is 506. The average molecular weight is 309 g/mol. The fraction of sp³-hybridized carbons (Fsp3) is 0.467. The number of hydrogen-bond acceptors (Lipinski definition) is 4. The zero-order valence-electron chi connectivity index (χ0n) is 13.0. The molecule has 0 atom stereocenters. The van der Waals surface area contributed by atoms with Crippen molar-refractivity contribution in [1.29, 1.82) is 0 Å². The minimum atomic E-state index is -0.524. The van der Waals surface area contributed by atoms with E-state index in [1.807, 2.05) is 0 Å². The van der Waals surface area contributed by atoms with Gasteiger partial charge in [-0.25, -0.2) is 4.79 Å². The fourth-order valence-corrected chi connectivity index (χ4v) is 1.91. The molecular weight excluding hydrogens is 286 g/mol. The lowest BCUT2D eigenvalue weighted by Crippen LogP contribution is -2.29. The summed E-state index contributed by atoms with van der Waals surface area (Å²) in [6.45, 7) is 0.531. The van der Waals surface area contributed by atoms with Crippen molar-refractivity contribution in [1.82, 2.24) is 5.32 Å². The van der Waals surface area contributed by atoms with E-state index >= 15 is 0 Å². The lowest BCUT2D eigenvalue weighted by molar-refractivity contribution is -0.116. The van der Waals surface area contributed by atoms with Gasteiger partial charge in [-0.2, -0.15) is 0 Å². The van der Waals surface area contributed by atoms with Crippen molar-refractivity contribution in [3.63, 3.8) is 0 Å². The molecule has 4 N–H and O–H groups in total. The second kappa shape index (κ2) is 9.49. The van der Waals surface area contributed by atoms with Crippen molar-refractivity contribution in [2.45, 2.75) is 25.7 Å². The summed E-state index contributed by atoms with van der Waals surface area (Å²) in [5.41, 5.74) is 5.57. The molecule has 1 aromatic carbocycles. The Labute approximate surface area is 130 Å². The smallest absolute Gasteiger partial charge is 0.312 e. The van der Waals surface area contributed by atoms with Gasteiger partial charge in [0.25, 0.3) is 0 Å². The first kappa shape index (κ1) is 17.6. The van der Waals surface area contributed by atoms with Crippen molar-refractivity contribution >= 4 is 17.6 Å². The van der Waals surface area contributed by atoms with Crippen LogP contribution in [0.25, 0.3) is 0 Å². The normalized spacial score (nSPS) is 9.91. The molecule has 0 radical (unpaired) electrons. The maximum absolute atomic E-state index is 11.9. The highest BCUT2D eigenvalue weighted by Gasteiger charge is 2.08. The highest BCUT2D eigenvalue weighted by Crippen LogP contribution is 2.29. The van der Waals surface area contributed by atoms with E-state index in [9.17, 15) is 9.59 Å². The number of nitrogens with one attached hydrogen (secondary N) is 2. The molecular formula is C15H23N3O4. The monoisotopic (exact) mass is 309 g/mol. The van der Waals surface area contributed by atoms with Crippen LogP contribution >= 0.6 is 0 Å². The van der Waals surface area contributed by atoms with E-state index in [0.717, 1.165) is 19.3 Å². The molecule has 0 heterocycles. The molecule has 0 spiro atoms. The summed E-state index contributed by atoms with van der Waals surface area (Å²) < 4.78 is 10.3. The van der Waals surface area contributed by atoms with E-state index in [1.54, 1.807) is 25.3 Å². The van der Waals surface area contributed by atoms with E-state index in [2.05, 4.69) is 10.6 Å². The van der Waals surface area contributed by atoms with Gasteiger partial charge in [0.1, 0.15) is 11.5 Å². The molecule has 0 bridgehead atoms. The number of amides is 3. The second-order valence-corrected chi connectivity index (χ2v) is 4.72.